The summed E-state index contributed by atoms with van der Waals surface area (Å²) in [7, 11) is 0. The maximum Gasteiger partial charge on any atom is 0.255 e. The SMILES string of the molecule is CCc1ccc(C(=O)Nc2ccccc2[C@H]2SCC(=O)N2c2ccc(C)cc2C)cc1. The van der Waals surface area contributed by atoms with Crippen molar-refractivity contribution in [3.8, 4) is 0 Å². The molecule has 4 nitrogen and oxygen atoms in total. The first-order valence-corrected chi connectivity index (χ1v) is 11.5. The van der Waals surface area contributed by atoms with Crippen molar-refractivity contribution in [3.63, 3.8) is 0 Å². The highest BCUT2D eigenvalue weighted by Crippen LogP contribution is 2.45. The minimum absolute atomic E-state index is 0.0817. The van der Waals surface area contributed by atoms with E-state index in [0.29, 0.717) is 11.3 Å². The molecule has 3 aromatic rings. The molecule has 158 valence electrons. The topological polar surface area (TPSA) is 49.4 Å². The summed E-state index contributed by atoms with van der Waals surface area (Å²) in [5.74, 6) is 0.347. The predicted octanol–water partition coefficient (Wildman–Crippen LogP) is 5.90. The lowest BCUT2D eigenvalue weighted by Crippen LogP contribution is -2.29. The second-order valence-corrected chi connectivity index (χ2v) is 8.88. The van der Waals surface area contributed by atoms with Gasteiger partial charge < -0.3 is 5.32 Å². The summed E-state index contributed by atoms with van der Waals surface area (Å²) in [4.78, 5) is 27.6. The van der Waals surface area contributed by atoms with Gasteiger partial charge in [-0.15, -0.1) is 11.8 Å². The molecule has 1 fully saturated rings. The molecule has 1 N–H and O–H groups in total. The molecule has 0 radical (unpaired) electrons. The number of para-hydroxylation sites is 1. The van der Waals surface area contributed by atoms with Gasteiger partial charge in [0.05, 0.1) is 5.75 Å². The van der Waals surface area contributed by atoms with Crippen LogP contribution in [0.2, 0.25) is 0 Å². The number of hydrogen-bond donors (Lipinski definition) is 1. The second kappa shape index (κ2) is 8.98. The molecule has 0 aromatic heterocycles. The van der Waals surface area contributed by atoms with Crippen LogP contribution in [0.15, 0.2) is 66.7 Å². The monoisotopic (exact) mass is 430 g/mol. The lowest BCUT2D eigenvalue weighted by atomic mass is 10.1. The molecule has 1 saturated heterocycles. The molecule has 3 aromatic carbocycles. The Balaban J connectivity index is 1.65. The number of nitrogens with one attached hydrogen (secondary N) is 1. The van der Waals surface area contributed by atoms with Gasteiger partial charge in [-0.2, -0.15) is 0 Å². The molecule has 0 aliphatic carbocycles. The van der Waals surface area contributed by atoms with Crippen LogP contribution in [0.1, 0.15) is 44.9 Å². The molecular weight excluding hydrogens is 404 g/mol. The van der Waals surface area contributed by atoms with E-state index in [1.807, 2.05) is 79.4 Å². The maximum absolute atomic E-state index is 12.9. The molecule has 1 aliphatic heterocycles. The summed E-state index contributed by atoms with van der Waals surface area (Å²) in [5, 5.41) is 2.87. The van der Waals surface area contributed by atoms with E-state index in [4.69, 9.17) is 0 Å². The van der Waals surface area contributed by atoms with E-state index in [1.54, 1.807) is 11.8 Å². The Morgan fingerprint density at radius 1 is 1.06 bits per heavy atom. The quantitative estimate of drug-likeness (QED) is 0.548. The van der Waals surface area contributed by atoms with Crippen molar-refractivity contribution in [3.05, 3.63) is 94.5 Å². The van der Waals surface area contributed by atoms with Gasteiger partial charge in [0.2, 0.25) is 5.91 Å². The zero-order valence-electron chi connectivity index (χ0n) is 18.0. The van der Waals surface area contributed by atoms with Crippen molar-refractivity contribution in [1.29, 1.82) is 0 Å². The second-order valence-electron chi connectivity index (χ2n) is 7.81. The number of nitrogens with zero attached hydrogens (tertiary/aromatic N) is 1. The summed E-state index contributed by atoms with van der Waals surface area (Å²) >= 11 is 1.59. The Hall–Kier alpha value is -3.05. The van der Waals surface area contributed by atoms with Gasteiger partial charge in [0.15, 0.2) is 0 Å². The number of hydrogen-bond acceptors (Lipinski definition) is 3. The summed E-state index contributed by atoms with van der Waals surface area (Å²) < 4.78 is 0. The molecule has 5 heteroatoms. The summed E-state index contributed by atoms with van der Waals surface area (Å²) in [6, 6.07) is 21.5. The first-order valence-electron chi connectivity index (χ1n) is 10.5. The lowest BCUT2D eigenvalue weighted by Gasteiger charge is -2.27. The van der Waals surface area contributed by atoms with Crippen molar-refractivity contribution >= 4 is 35.0 Å². The van der Waals surface area contributed by atoms with Crippen molar-refractivity contribution in [2.24, 2.45) is 0 Å². The predicted molar refractivity (Wildman–Crippen MR) is 129 cm³/mol. The van der Waals surface area contributed by atoms with Gasteiger partial charge in [0.1, 0.15) is 5.37 Å². The first-order chi connectivity index (χ1) is 15.0. The van der Waals surface area contributed by atoms with Gasteiger partial charge in [0, 0.05) is 22.5 Å². The van der Waals surface area contributed by atoms with Crippen LogP contribution in [0.4, 0.5) is 11.4 Å². The average molecular weight is 431 g/mol. The van der Waals surface area contributed by atoms with Crippen LogP contribution in [0.25, 0.3) is 0 Å². The number of amides is 2. The largest absolute Gasteiger partial charge is 0.322 e. The Kier molecular flexibility index (Phi) is 6.14. The Morgan fingerprint density at radius 3 is 2.52 bits per heavy atom. The standard InChI is InChI=1S/C26H26N2O2S/c1-4-19-10-12-20(13-11-19)25(30)27-22-8-6-5-7-21(22)26-28(24(29)16-31-26)23-14-9-17(2)15-18(23)3/h5-15,26H,4,16H2,1-3H3,(H,27,30)/t26-/m1/s1. The molecule has 0 saturated carbocycles. The highest BCUT2D eigenvalue weighted by Gasteiger charge is 2.36. The van der Waals surface area contributed by atoms with E-state index in [9.17, 15) is 9.59 Å². The zero-order valence-corrected chi connectivity index (χ0v) is 18.8. The molecule has 0 spiro atoms. The fourth-order valence-electron chi connectivity index (χ4n) is 3.90. The highest BCUT2D eigenvalue weighted by atomic mass is 32.2. The number of carbonyl (C=O) groups is 2. The third-order valence-electron chi connectivity index (χ3n) is 5.58. The Bertz CT molecular complexity index is 1120. The number of benzene rings is 3. The summed E-state index contributed by atoms with van der Waals surface area (Å²) in [6.07, 6.45) is 0.936. The smallest absolute Gasteiger partial charge is 0.255 e. The van der Waals surface area contributed by atoms with Crippen LogP contribution in [-0.4, -0.2) is 17.6 Å². The van der Waals surface area contributed by atoms with Crippen molar-refractivity contribution in [2.45, 2.75) is 32.6 Å². The molecule has 1 atom stereocenters. The minimum Gasteiger partial charge on any atom is -0.322 e. The molecule has 2 amide bonds. The Morgan fingerprint density at radius 2 is 1.81 bits per heavy atom. The van der Waals surface area contributed by atoms with Gasteiger partial charge in [-0.05, 0) is 55.7 Å². The fraction of sp³-hybridized carbons (Fsp3) is 0.231. The zero-order chi connectivity index (χ0) is 22.0. The summed E-state index contributed by atoms with van der Waals surface area (Å²) in [6.45, 7) is 6.17. The van der Waals surface area contributed by atoms with Crippen LogP contribution in [0, 0.1) is 13.8 Å². The maximum atomic E-state index is 12.9. The van der Waals surface area contributed by atoms with E-state index in [0.717, 1.165) is 28.9 Å². The number of anilines is 2. The number of aryl methyl sites for hydroxylation is 3. The molecule has 1 heterocycles. The molecule has 4 rings (SSSR count). The van der Waals surface area contributed by atoms with E-state index in [-0.39, 0.29) is 17.2 Å². The van der Waals surface area contributed by atoms with Crippen LogP contribution in [0.5, 0.6) is 0 Å². The molecular formula is C26H26N2O2S. The van der Waals surface area contributed by atoms with Gasteiger partial charge in [-0.1, -0.05) is 55.0 Å². The van der Waals surface area contributed by atoms with Crippen molar-refractivity contribution in [2.75, 3.05) is 16.0 Å². The van der Waals surface area contributed by atoms with Gasteiger partial charge >= 0.3 is 0 Å². The third kappa shape index (κ3) is 4.37. The number of rotatable bonds is 5. The molecule has 31 heavy (non-hydrogen) atoms. The number of carbonyl (C=O) groups excluding carboxylic acids is 2. The van der Waals surface area contributed by atoms with E-state index in [1.165, 1.54) is 11.1 Å². The van der Waals surface area contributed by atoms with Gasteiger partial charge in [-0.3, -0.25) is 14.5 Å². The van der Waals surface area contributed by atoms with E-state index < -0.39 is 0 Å². The number of thioether (sulfide) groups is 1. The molecule has 0 unspecified atom stereocenters. The van der Waals surface area contributed by atoms with Crippen molar-refractivity contribution < 1.29 is 9.59 Å². The van der Waals surface area contributed by atoms with Crippen molar-refractivity contribution in [1.82, 2.24) is 0 Å². The van der Waals surface area contributed by atoms with Crippen LogP contribution in [-0.2, 0) is 11.2 Å². The van der Waals surface area contributed by atoms with Gasteiger partial charge in [-0.25, -0.2) is 0 Å². The molecule has 1 aliphatic rings. The fourth-order valence-corrected chi connectivity index (χ4v) is 5.11. The van der Waals surface area contributed by atoms with Crippen LogP contribution < -0.4 is 10.2 Å². The average Bonchev–Trinajstić information content (AvgIpc) is 3.15. The van der Waals surface area contributed by atoms with Crippen LogP contribution in [0.3, 0.4) is 0 Å². The minimum atomic E-state index is -0.187. The first kappa shape index (κ1) is 21.2. The third-order valence-corrected chi connectivity index (χ3v) is 6.77. The highest BCUT2D eigenvalue weighted by molar-refractivity contribution is 8.00. The van der Waals surface area contributed by atoms with E-state index >= 15 is 0 Å². The molecule has 0 bridgehead atoms. The lowest BCUT2D eigenvalue weighted by molar-refractivity contribution is -0.115. The van der Waals surface area contributed by atoms with Crippen LogP contribution >= 0.6 is 11.8 Å². The normalized spacial score (nSPS) is 15.9. The summed E-state index contributed by atoms with van der Waals surface area (Å²) in [5.41, 5.74) is 6.63. The van der Waals surface area contributed by atoms with E-state index in [2.05, 4.69) is 18.3 Å². The van der Waals surface area contributed by atoms with Gasteiger partial charge in [0.25, 0.3) is 5.91 Å². The Labute approximate surface area is 187 Å².